The van der Waals surface area contributed by atoms with Gasteiger partial charge in [0.15, 0.2) is 5.96 Å². The highest BCUT2D eigenvalue weighted by Gasteiger charge is 2.31. The van der Waals surface area contributed by atoms with E-state index in [1.54, 1.807) is 0 Å². The molecule has 144 valence electrons. The molecule has 2 N–H and O–H groups in total. The van der Waals surface area contributed by atoms with Crippen LogP contribution in [0.15, 0.2) is 4.99 Å². The Morgan fingerprint density at radius 3 is 2.48 bits per heavy atom. The summed E-state index contributed by atoms with van der Waals surface area (Å²) in [4.78, 5) is 10.0. The predicted molar refractivity (Wildman–Crippen MR) is 103 cm³/mol. The lowest BCUT2D eigenvalue weighted by Gasteiger charge is -2.33. The molecule has 3 rings (SSSR count). The molecule has 6 heteroatoms. The van der Waals surface area contributed by atoms with Gasteiger partial charge in [0.2, 0.25) is 0 Å². The van der Waals surface area contributed by atoms with E-state index in [-0.39, 0.29) is 0 Å². The second-order valence-corrected chi connectivity index (χ2v) is 7.92. The molecule has 3 aliphatic rings. The zero-order valence-electron chi connectivity index (χ0n) is 16.2. The van der Waals surface area contributed by atoms with Gasteiger partial charge in [-0.3, -0.25) is 9.89 Å². The quantitative estimate of drug-likeness (QED) is 0.532. The van der Waals surface area contributed by atoms with Crippen molar-refractivity contribution in [2.45, 2.75) is 51.6 Å². The molecule has 0 aromatic heterocycles. The predicted octanol–water partition coefficient (Wildman–Crippen LogP) is 1.14. The zero-order chi connectivity index (χ0) is 17.5. The molecule has 0 aromatic rings. The summed E-state index contributed by atoms with van der Waals surface area (Å²) in [7, 11) is 0. The highest BCUT2D eigenvalue weighted by atomic mass is 16.5. The van der Waals surface area contributed by atoms with Crippen LogP contribution in [0.4, 0.5) is 0 Å². The molecule has 25 heavy (non-hydrogen) atoms. The summed E-state index contributed by atoms with van der Waals surface area (Å²) in [6.07, 6.45) is 5.32. The van der Waals surface area contributed by atoms with E-state index >= 15 is 0 Å². The second-order valence-electron chi connectivity index (χ2n) is 7.92. The third kappa shape index (κ3) is 6.42. The fourth-order valence-electron chi connectivity index (χ4n) is 3.89. The van der Waals surface area contributed by atoms with E-state index in [2.05, 4.69) is 34.3 Å². The number of morpholine rings is 1. The van der Waals surface area contributed by atoms with Gasteiger partial charge in [-0.1, -0.05) is 6.92 Å². The Labute approximate surface area is 153 Å². The monoisotopic (exact) mass is 351 g/mol. The van der Waals surface area contributed by atoms with Crippen LogP contribution in [0.2, 0.25) is 0 Å². The van der Waals surface area contributed by atoms with Crippen LogP contribution in [0.5, 0.6) is 0 Å². The molecule has 2 saturated heterocycles. The first kappa shape index (κ1) is 18.9. The minimum atomic E-state index is 0.572. The van der Waals surface area contributed by atoms with E-state index in [0.29, 0.717) is 12.0 Å². The standard InChI is InChI=1S/C19H37N5O/c1-3-20-19(21-14-16(2)15-23-10-12-25-13-11-23)22-17-6-8-24(9-7-17)18-4-5-18/h16-18H,3-15H2,1-2H3,(H2,20,21,22). The van der Waals surface area contributed by atoms with Gasteiger partial charge in [-0.15, -0.1) is 0 Å². The van der Waals surface area contributed by atoms with Crippen molar-refractivity contribution >= 4 is 5.96 Å². The molecule has 3 fully saturated rings. The second kappa shape index (κ2) is 9.74. The van der Waals surface area contributed by atoms with Gasteiger partial charge in [0.1, 0.15) is 0 Å². The lowest BCUT2D eigenvalue weighted by atomic mass is 10.1. The highest BCUT2D eigenvalue weighted by molar-refractivity contribution is 5.80. The summed E-state index contributed by atoms with van der Waals surface area (Å²) in [5, 5.41) is 7.10. The fraction of sp³-hybridized carbons (Fsp3) is 0.947. The number of ether oxygens (including phenoxy) is 1. The number of nitrogens with zero attached hydrogens (tertiary/aromatic N) is 3. The molecule has 0 radical (unpaired) electrons. The Hall–Kier alpha value is -0.850. The van der Waals surface area contributed by atoms with Crippen molar-refractivity contribution in [3.8, 4) is 0 Å². The van der Waals surface area contributed by atoms with Gasteiger partial charge in [-0.2, -0.15) is 0 Å². The van der Waals surface area contributed by atoms with Crippen molar-refractivity contribution in [3.63, 3.8) is 0 Å². The molecule has 6 nitrogen and oxygen atoms in total. The number of nitrogens with one attached hydrogen (secondary N) is 2. The molecule has 0 spiro atoms. The number of aliphatic imine (C=N–C) groups is 1. The van der Waals surface area contributed by atoms with E-state index in [9.17, 15) is 0 Å². The van der Waals surface area contributed by atoms with Gasteiger partial charge in [-0.25, -0.2) is 0 Å². The van der Waals surface area contributed by atoms with Crippen molar-refractivity contribution in [1.29, 1.82) is 0 Å². The van der Waals surface area contributed by atoms with E-state index in [1.807, 2.05) is 0 Å². The summed E-state index contributed by atoms with van der Waals surface area (Å²) in [6.45, 7) is 13.7. The average Bonchev–Trinajstić information content (AvgIpc) is 3.47. The first-order chi connectivity index (χ1) is 12.2. The maximum absolute atomic E-state index is 5.43. The average molecular weight is 352 g/mol. The Morgan fingerprint density at radius 1 is 1.12 bits per heavy atom. The molecule has 0 amide bonds. The first-order valence-electron chi connectivity index (χ1n) is 10.3. The molecule has 1 atom stereocenters. The molecule has 1 saturated carbocycles. The van der Waals surface area contributed by atoms with Gasteiger partial charge in [0.05, 0.1) is 13.2 Å². The summed E-state index contributed by atoms with van der Waals surface area (Å²) in [5.74, 6) is 1.58. The molecule has 0 bridgehead atoms. The van der Waals surface area contributed by atoms with Crippen molar-refractivity contribution in [3.05, 3.63) is 0 Å². The van der Waals surface area contributed by atoms with Gasteiger partial charge in [0, 0.05) is 57.9 Å². The Balaban J connectivity index is 1.40. The van der Waals surface area contributed by atoms with Crippen molar-refractivity contribution in [1.82, 2.24) is 20.4 Å². The fourth-order valence-corrected chi connectivity index (χ4v) is 3.89. The van der Waals surface area contributed by atoms with Crippen molar-refractivity contribution < 1.29 is 4.74 Å². The summed E-state index contributed by atoms with van der Waals surface area (Å²) >= 11 is 0. The number of hydrogen-bond donors (Lipinski definition) is 2. The lowest BCUT2D eigenvalue weighted by molar-refractivity contribution is 0.0323. The van der Waals surface area contributed by atoms with Crippen LogP contribution in [0.3, 0.4) is 0 Å². The minimum Gasteiger partial charge on any atom is -0.379 e. The number of hydrogen-bond acceptors (Lipinski definition) is 4. The van der Waals surface area contributed by atoms with Crippen molar-refractivity contribution in [2.24, 2.45) is 10.9 Å². The minimum absolute atomic E-state index is 0.572. The molecule has 2 aliphatic heterocycles. The molecular formula is C19H37N5O. The van der Waals surface area contributed by atoms with Crippen LogP contribution in [0.1, 0.15) is 39.5 Å². The third-order valence-corrected chi connectivity index (χ3v) is 5.51. The maximum atomic E-state index is 5.43. The van der Waals surface area contributed by atoms with E-state index in [4.69, 9.17) is 9.73 Å². The maximum Gasteiger partial charge on any atom is 0.191 e. The zero-order valence-corrected chi connectivity index (χ0v) is 16.2. The summed E-state index contributed by atoms with van der Waals surface area (Å²) < 4.78 is 5.43. The third-order valence-electron chi connectivity index (χ3n) is 5.51. The van der Waals surface area contributed by atoms with Crippen LogP contribution in [-0.4, -0.2) is 86.9 Å². The number of piperidine rings is 1. The van der Waals surface area contributed by atoms with Crippen LogP contribution in [-0.2, 0) is 4.74 Å². The van der Waals surface area contributed by atoms with Crippen LogP contribution in [0.25, 0.3) is 0 Å². The molecule has 0 aromatic carbocycles. The van der Waals surface area contributed by atoms with E-state index in [1.165, 1.54) is 38.8 Å². The van der Waals surface area contributed by atoms with E-state index < -0.39 is 0 Å². The summed E-state index contributed by atoms with van der Waals surface area (Å²) in [5.41, 5.74) is 0. The Kier molecular flexibility index (Phi) is 7.37. The van der Waals surface area contributed by atoms with Crippen LogP contribution >= 0.6 is 0 Å². The van der Waals surface area contributed by atoms with Crippen LogP contribution in [0, 0.1) is 5.92 Å². The highest BCUT2D eigenvalue weighted by Crippen LogP contribution is 2.29. The lowest BCUT2D eigenvalue weighted by Crippen LogP contribution is -2.49. The summed E-state index contributed by atoms with van der Waals surface area (Å²) in [6, 6.07) is 1.48. The first-order valence-corrected chi connectivity index (χ1v) is 10.3. The number of rotatable bonds is 7. The van der Waals surface area contributed by atoms with Gasteiger partial charge >= 0.3 is 0 Å². The number of likely N-dealkylation sites (tertiary alicyclic amines) is 1. The SMILES string of the molecule is CCNC(=NCC(C)CN1CCOCC1)NC1CCN(C2CC2)CC1. The van der Waals surface area contributed by atoms with Gasteiger partial charge in [-0.05, 0) is 38.5 Å². The smallest absolute Gasteiger partial charge is 0.191 e. The van der Waals surface area contributed by atoms with Crippen LogP contribution < -0.4 is 10.6 Å². The normalized spacial score (nSPS) is 25.8. The number of guanidine groups is 1. The van der Waals surface area contributed by atoms with Gasteiger partial charge in [0.25, 0.3) is 0 Å². The topological polar surface area (TPSA) is 52.1 Å². The Bertz CT molecular complexity index is 412. The molecule has 1 aliphatic carbocycles. The molecular weight excluding hydrogens is 314 g/mol. The van der Waals surface area contributed by atoms with Gasteiger partial charge < -0.3 is 20.3 Å². The Morgan fingerprint density at radius 2 is 1.84 bits per heavy atom. The molecule has 2 heterocycles. The molecule has 1 unspecified atom stereocenters. The van der Waals surface area contributed by atoms with Crippen molar-refractivity contribution in [2.75, 3.05) is 59.0 Å². The largest absolute Gasteiger partial charge is 0.379 e. The van der Waals surface area contributed by atoms with E-state index in [0.717, 1.165) is 57.9 Å².